The van der Waals surface area contributed by atoms with Crippen molar-refractivity contribution in [3.63, 3.8) is 0 Å². The number of aliphatic hydroxyl groups is 1. The predicted octanol–water partition coefficient (Wildman–Crippen LogP) is 5.21. The molecule has 1 amide bonds. The highest BCUT2D eigenvalue weighted by Gasteiger charge is 2.01. The molecular weight excluding hydrogens is 364 g/mol. The lowest BCUT2D eigenvalue weighted by atomic mass is 10.0. The summed E-state index contributed by atoms with van der Waals surface area (Å²) in [4.78, 5) is 11.8. The van der Waals surface area contributed by atoms with Gasteiger partial charge in [0.1, 0.15) is 0 Å². The minimum atomic E-state index is -0.886. The van der Waals surface area contributed by atoms with Crippen molar-refractivity contribution in [1.82, 2.24) is 5.32 Å². The molecule has 0 saturated carbocycles. The number of unbranched alkanes of at least 4 members (excludes halogenated alkanes) is 12. The maximum atomic E-state index is 11.8. The topological polar surface area (TPSA) is 84.6 Å². The lowest BCUT2D eigenvalue weighted by Gasteiger charge is -2.07. The van der Waals surface area contributed by atoms with E-state index in [-0.39, 0.29) is 5.91 Å². The highest BCUT2D eigenvalue weighted by atomic mass is 16.6. The van der Waals surface area contributed by atoms with Gasteiger partial charge in [-0.15, -0.1) is 0 Å². The van der Waals surface area contributed by atoms with Gasteiger partial charge in [-0.2, -0.15) is 0 Å². The summed E-state index contributed by atoms with van der Waals surface area (Å²) >= 11 is 0. The Morgan fingerprint density at radius 1 is 0.931 bits per heavy atom. The van der Waals surface area contributed by atoms with E-state index >= 15 is 0 Å². The molecule has 0 fully saturated rings. The molecule has 0 aromatic rings. The first-order valence-corrected chi connectivity index (χ1v) is 12.1. The highest BCUT2D eigenvalue weighted by Crippen LogP contribution is 2.12. The van der Waals surface area contributed by atoms with E-state index in [0.717, 1.165) is 19.3 Å². The van der Waals surface area contributed by atoms with Crippen LogP contribution in [0.4, 0.5) is 0 Å². The van der Waals surface area contributed by atoms with Gasteiger partial charge in [0.05, 0.1) is 6.61 Å². The first kappa shape index (κ1) is 28.1. The Balaban J connectivity index is 3.30. The lowest BCUT2D eigenvalue weighted by molar-refractivity contribution is -0.121. The minimum Gasteiger partial charge on any atom is -0.365 e. The fraction of sp³-hybridized carbons (Fsp3) is 0.875. The average Bonchev–Trinajstić information content (AvgIpc) is 2.71. The summed E-state index contributed by atoms with van der Waals surface area (Å²) < 4.78 is 5.14. The normalized spacial score (nSPS) is 12.5. The second-order valence-electron chi connectivity index (χ2n) is 7.96. The smallest absolute Gasteiger partial charge is 0.220 e. The molecule has 0 aliphatic heterocycles. The Hall–Kier alpha value is -0.910. The number of aliphatic hydroxyl groups excluding tert-OH is 1. The van der Waals surface area contributed by atoms with Gasteiger partial charge < -0.3 is 20.9 Å². The van der Waals surface area contributed by atoms with Crippen LogP contribution in [0.1, 0.15) is 110 Å². The second-order valence-corrected chi connectivity index (χ2v) is 7.96. The van der Waals surface area contributed by atoms with Crippen molar-refractivity contribution in [3.05, 3.63) is 12.2 Å². The molecule has 0 saturated heterocycles. The predicted molar refractivity (Wildman–Crippen MR) is 123 cm³/mol. The number of carbonyl (C=O) groups excluding carboxylic acids is 1. The van der Waals surface area contributed by atoms with E-state index < -0.39 is 6.29 Å². The molecule has 1 atom stereocenters. The van der Waals surface area contributed by atoms with E-state index in [1.165, 1.54) is 70.6 Å². The third-order valence-corrected chi connectivity index (χ3v) is 5.08. The summed E-state index contributed by atoms with van der Waals surface area (Å²) in [5, 5.41) is 12.5. The second kappa shape index (κ2) is 23.4. The monoisotopic (exact) mass is 412 g/mol. The van der Waals surface area contributed by atoms with Gasteiger partial charge in [-0.05, 0) is 31.9 Å². The standard InChI is InChI=1S/C24H48N2O3/c1-2-3-4-5-6-7-8-9-10-11-12-13-14-18-23(27)26-21-16-15-19-24(28)29-22-17-20-25/h15,19,24,28H,2-14,16-18,20-22,25H2,1H3,(H,26,27). The molecule has 0 spiro atoms. The fourth-order valence-corrected chi connectivity index (χ4v) is 3.24. The van der Waals surface area contributed by atoms with E-state index in [1.54, 1.807) is 6.08 Å². The molecule has 5 heteroatoms. The molecule has 29 heavy (non-hydrogen) atoms. The van der Waals surface area contributed by atoms with Crippen molar-refractivity contribution in [1.29, 1.82) is 0 Å². The lowest BCUT2D eigenvalue weighted by Crippen LogP contribution is -2.23. The third kappa shape index (κ3) is 23.2. The van der Waals surface area contributed by atoms with Gasteiger partial charge in [0, 0.05) is 13.0 Å². The van der Waals surface area contributed by atoms with Crippen LogP contribution in [0.25, 0.3) is 0 Å². The maximum Gasteiger partial charge on any atom is 0.220 e. The van der Waals surface area contributed by atoms with Crippen molar-refractivity contribution >= 4 is 5.91 Å². The molecule has 0 heterocycles. The summed E-state index contributed by atoms with van der Waals surface area (Å²) in [5.41, 5.74) is 5.36. The molecule has 0 aliphatic carbocycles. The van der Waals surface area contributed by atoms with Crippen LogP contribution in [-0.2, 0) is 9.53 Å². The van der Waals surface area contributed by atoms with Crippen molar-refractivity contribution in [2.45, 2.75) is 116 Å². The van der Waals surface area contributed by atoms with Crippen LogP contribution in [-0.4, -0.2) is 37.0 Å². The Labute approximate surface area is 179 Å². The SMILES string of the molecule is CCCCCCCCCCCCCCCC(=O)NCCC=CC(O)OCCCN. The molecule has 0 aromatic heterocycles. The zero-order chi connectivity index (χ0) is 21.4. The van der Waals surface area contributed by atoms with Gasteiger partial charge in [0.15, 0.2) is 6.29 Å². The maximum absolute atomic E-state index is 11.8. The van der Waals surface area contributed by atoms with E-state index in [0.29, 0.717) is 32.5 Å². The van der Waals surface area contributed by atoms with Crippen LogP contribution in [0, 0.1) is 0 Å². The first-order valence-electron chi connectivity index (χ1n) is 12.1. The first-order chi connectivity index (χ1) is 14.2. The number of rotatable bonds is 22. The third-order valence-electron chi connectivity index (χ3n) is 5.08. The van der Waals surface area contributed by atoms with Gasteiger partial charge in [-0.1, -0.05) is 90.0 Å². The van der Waals surface area contributed by atoms with Crippen LogP contribution in [0.3, 0.4) is 0 Å². The quantitative estimate of drug-likeness (QED) is 0.129. The molecule has 0 aromatic carbocycles. The van der Waals surface area contributed by atoms with Crippen LogP contribution in [0.2, 0.25) is 0 Å². The highest BCUT2D eigenvalue weighted by molar-refractivity contribution is 5.75. The van der Waals surface area contributed by atoms with E-state index in [1.807, 2.05) is 6.08 Å². The molecule has 0 rings (SSSR count). The Kier molecular flexibility index (Phi) is 22.6. The molecule has 172 valence electrons. The number of nitrogens with two attached hydrogens (primary N) is 1. The molecule has 5 nitrogen and oxygen atoms in total. The van der Waals surface area contributed by atoms with Gasteiger partial charge in [-0.25, -0.2) is 0 Å². The number of hydrogen-bond acceptors (Lipinski definition) is 4. The van der Waals surface area contributed by atoms with Crippen LogP contribution < -0.4 is 11.1 Å². The molecule has 0 radical (unpaired) electrons. The number of carbonyl (C=O) groups is 1. The summed E-state index contributed by atoms with van der Waals surface area (Å²) in [6.07, 6.45) is 21.7. The van der Waals surface area contributed by atoms with Crippen LogP contribution in [0.15, 0.2) is 12.2 Å². The van der Waals surface area contributed by atoms with Crippen molar-refractivity contribution in [2.24, 2.45) is 5.73 Å². The van der Waals surface area contributed by atoms with E-state index in [4.69, 9.17) is 10.5 Å². The number of ether oxygens (including phenoxy) is 1. The van der Waals surface area contributed by atoms with Crippen molar-refractivity contribution in [2.75, 3.05) is 19.7 Å². The van der Waals surface area contributed by atoms with Gasteiger partial charge in [0.25, 0.3) is 0 Å². The zero-order valence-electron chi connectivity index (χ0n) is 19.0. The largest absolute Gasteiger partial charge is 0.365 e. The van der Waals surface area contributed by atoms with Gasteiger partial charge in [-0.3, -0.25) is 4.79 Å². The Bertz CT molecular complexity index is 375. The Morgan fingerprint density at radius 3 is 2.03 bits per heavy atom. The summed E-state index contributed by atoms with van der Waals surface area (Å²) in [6, 6.07) is 0. The van der Waals surface area contributed by atoms with E-state index in [2.05, 4.69) is 12.2 Å². The summed E-state index contributed by atoms with van der Waals surface area (Å²) in [5.74, 6) is 0.126. The molecule has 1 unspecified atom stereocenters. The average molecular weight is 413 g/mol. The number of nitrogens with one attached hydrogen (secondary N) is 1. The van der Waals surface area contributed by atoms with Crippen molar-refractivity contribution < 1.29 is 14.6 Å². The zero-order valence-corrected chi connectivity index (χ0v) is 19.0. The van der Waals surface area contributed by atoms with Gasteiger partial charge >= 0.3 is 0 Å². The van der Waals surface area contributed by atoms with Gasteiger partial charge in [0.2, 0.25) is 5.91 Å². The Morgan fingerprint density at radius 2 is 1.48 bits per heavy atom. The fourth-order valence-electron chi connectivity index (χ4n) is 3.24. The number of hydrogen-bond donors (Lipinski definition) is 3. The summed E-state index contributed by atoms with van der Waals surface area (Å²) in [7, 11) is 0. The number of amides is 1. The molecule has 0 bridgehead atoms. The van der Waals surface area contributed by atoms with E-state index in [9.17, 15) is 9.90 Å². The molecular formula is C24H48N2O3. The minimum absolute atomic E-state index is 0.126. The van der Waals surface area contributed by atoms with Crippen molar-refractivity contribution in [3.8, 4) is 0 Å². The summed E-state index contributed by atoms with van der Waals surface area (Å²) in [6.45, 7) is 3.88. The van der Waals surface area contributed by atoms with Crippen LogP contribution >= 0.6 is 0 Å². The molecule has 0 aliphatic rings. The molecule has 4 N–H and O–H groups in total. The van der Waals surface area contributed by atoms with Crippen LogP contribution in [0.5, 0.6) is 0 Å².